The second kappa shape index (κ2) is 8.80. The van der Waals surface area contributed by atoms with Gasteiger partial charge in [0.1, 0.15) is 5.49 Å². The van der Waals surface area contributed by atoms with Gasteiger partial charge >= 0.3 is 0 Å². The maximum atomic E-state index is 6.08. The predicted molar refractivity (Wildman–Crippen MR) is 117 cm³/mol. The molecular formula is C23H27ClN4. The molecule has 1 aliphatic carbocycles. The minimum Gasteiger partial charge on any atom is -0.368 e. The highest BCUT2D eigenvalue weighted by Gasteiger charge is 2.11. The second-order valence-corrected chi connectivity index (χ2v) is 7.88. The molecule has 2 heterocycles. The quantitative estimate of drug-likeness (QED) is 0.845. The van der Waals surface area contributed by atoms with Gasteiger partial charge in [0, 0.05) is 50.0 Å². The zero-order valence-electron chi connectivity index (χ0n) is 16.4. The molecule has 146 valence electrons. The van der Waals surface area contributed by atoms with Crippen LogP contribution in [-0.2, 0) is 7.05 Å². The van der Waals surface area contributed by atoms with E-state index in [0.29, 0.717) is 0 Å². The number of aromatic nitrogens is 1. The molecule has 1 aromatic heterocycles. The van der Waals surface area contributed by atoms with Crippen molar-refractivity contribution in [1.29, 1.82) is 0 Å². The summed E-state index contributed by atoms with van der Waals surface area (Å²) in [5.41, 5.74) is 5.72. The Morgan fingerprint density at radius 1 is 1.07 bits per heavy atom. The second-order valence-electron chi connectivity index (χ2n) is 7.44. The number of hydrogen-bond donors (Lipinski definition) is 1. The van der Waals surface area contributed by atoms with Crippen molar-refractivity contribution in [2.24, 2.45) is 12.0 Å². The third kappa shape index (κ3) is 4.57. The van der Waals surface area contributed by atoms with Crippen LogP contribution in [0.2, 0.25) is 5.02 Å². The van der Waals surface area contributed by atoms with Crippen molar-refractivity contribution in [3.8, 4) is 0 Å². The summed E-state index contributed by atoms with van der Waals surface area (Å²) < 4.78 is 2.11. The van der Waals surface area contributed by atoms with Crippen molar-refractivity contribution in [1.82, 2.24) is 9.88 Å². The van der Waals surface area contributed by atoms with Gasteiger partial charge in [0.2, 0.25) is 0 Å². The Kier molecular flexibility index (Phi) is 5.98. The van der Waals surface area contributed by atoms with Crippen LogP contribution in [-0.4, -0.2) is 30.7 Å². The number of aryl methyl sites for hydroxylation is 1. The molecule has 0 atom stereocenters. The van der Waals surface area contributed by atoms with E-state index in [4.69, 9.17) is 16.6 Å². The predicted octanol–water partition coefficient (Wildman–Crippen LogP) is 4.14. The summed E-state index contributed by atoms with van der Waals surface area (Å²) in [4.78, 5) is 7.39. The van der Waals surface area contributed by atoms with E-state index < -0.39 is 0 Å². The SMILES string of the molecule is Cn1cc(N2CCNCC2)cc/c1=N/C(=C\C=C1CCC1)c1ccc(Cl)cc1. The third-order valence-corrected chi connectivity index (χ3v) is 5.67. The van der Waals surface area contributed by atoms with E-state index in [1.807, 2.05) is 24.3 Å². The molecule has 0 amide bonds. The van der Waals surface area contributed by atoms with Crippen LogP contribution >= 0.6 is 11.6 Å². The molecule has 1 saturated carbocycles. The molecule has 5 heteroatoms. The number of halogens is 1. The molecule has 2 aliphatic rings. The first-order valence-corrected chi connectivity index (χ1v) is 10.4. The molecule has 1 aliphatic heterocycles. The standard InChI is InChI=1S/C23H27ClN4/c1-27-17-21(28-15-13-25-14-16-28)10-12-23(27)26-22(11-5-18-3-2-4-18)19-6-8-20(24)9-7-19/h5-12,17,25H,2-4,13-16H2,1H3/b22-11-,26-23-. The molecular weight excluding hydrogens is 368 g/mol. The van der Waals surface area contributed by atoms with Gasteiger partial charge in [0.25, 0.3) is 0 Å². The van der Waals surface area contributed by atoms with E-state index in [0.717, 1.165) is 47.9 Å². The average molecular weight is 395 g/mol. The summed E-state index contributed by atoms with van der Waals surface area (Å²) in [7, 11) is 2.06. The fraction of sp³-hybridized carbons (Fsp3) is 0.348. The van der Waals surface area contributed by atoms with Crippen molar-refractivity contribution < 1.29 is 0 Å². The largest absolute Gasteiger partial charge is 0.368 e. The smallest absolute Gasteiger partial charge is 0.133 e. The lowest BCUT2D eigenvalue weighted by Crippen LogP contribution is -2.43. The normalized spacial score (nSPS) is 18.2. The summed E-state index contributed by atoms with van der Waals surface area (Å²) in [6.07, 6.45) is 10.3. The lowest BCUT2D eigenvalue weighted by Gasteiger charge is -2.29. The number of pyridine rings is 1. The van der Waals surface area contributed by atoms with Gasteiger partial charge in [-0.25, -0.2) is 4.99 Å². The Hall–Kier alpha value is -2.30. The van der Waals surface area contributed by atoms with E-state index in [9.17, 15) is 0 Å². The first-order valence-electron chi connectivity index (χ1n) is 10.0. The van der Waals surface area contributed by atoms with Crippen LogP contribution < -0.4 is 15.7 Å². The molecule has 1 N–H and O–H groups in total. The van der Waals surface area contributed by atoms with Crippen molar-refractivity contribution in [2.75, 3.05) is 31.1 Å². The fourth-order valence-corrected chi connectivity index (χ4v) is 3.62. The Morgan fingerprint density at radius 3 is 2.46 bits per heavy atom. The van der Waals surface area contributed by atoms with E-state index >= 15 is 0 Å². The van der Waals surface area contributed by atoms with Gasteiger partial charge in [-0.15, -0.1) is 0 Å². The van der Waals surface area contributed by atoms with E-state index in [1.165, 1.54) is 30.5 Å². The minimum atomic E-state index is 0.742. The Morgan fingerprint density at radius 2 is 1.82 bits per heavy atom. The molecule has 28 heavy (non-hydrogen) atoms. The summed E-state index contributed by atoms with van der Waals surface area (Å²) in [5.74, 6) is 0. The van der Waals surface area contributed by atoms with Crippen LogP contribution in [0.1, 0.15) is 24.8 Å². The summed E-state index contributed by atoms with van der Waals surface area (Å²) in [6.45, 7) is 4.15. The highest BCUT2D eigenvalue weighted by Crippen LogP contribution is 2.26. The Bertz CT molecular complexity index is 941. The maximum absolute atomic E-state index is 6.08. The summed E-state index contributed by atoms with van der Waals surface area (Å²) >= 11 is 6.08. The molecule has 4 nitrogen and oxygen atoms in total. The average Bonchev–Trinajstić information content (AvgIpc) is 2.68. The molecule has 1 saturated heterocycles. The molecule has 1 aromatic carbocycles. The number of rotatable bonds is 4. The van der Waals surface area contributed by atoms with Gasteiger partial charge in [-0.05, 0) is 49.6 Å². The number of benzene rings is 1. The van der Waals surface area contributed by atoms with E-state index in [-0.39, 0.29) is 0 Å². The molecule has 2 aromatic rings. The summed E-state index contributed by atoms with van der Waals surface area (Å²) in [5, 5.41) is 4.14. The molecule has 0 spiro atoms. The van der Waals surface area contributed by atoms with Gasteiger partial charge in [-0.3, -0.25) is 0 Å². The molecule has 0 bridgehead atoms. The number of allylic oxidation sites excluding steroid dienone is 3. The van der Waals surface area contributed by atoms with Crippen LogP contribution in [0, 0.1) is 0 Å². The number of anilines is 1. The maximum Gasteiger partial charge on any atom is 0.133 e. The van der Waals surface area contributed by atoms with Crippen LogP contribution in [0.3, 0.4) is 0 Å². The van der Waals surface area contributed by atoms with Crippen molar-refractivity contribution in [3.63, 3.8) is 0 Å². The van der Waals surface area contributed by atoms with Crippen molar-refractivity contribution >= 4 is 23.0 Å². The van der Waals surface area contributed by atoms with Gasteiger partial charge in [-0.2, -0.15) is 0 Å². The third-order valence-electron chi connectivity index (χ3n) is 5.42. The fourth-order valence-electron chi connectivity index (χ4n) is 3.50. The topological polar surface area (TPSA) is 32.6 Å². The monoisotopic (exact) mass is 394 g/mol. The van der Waals surface area contributed by atoms with Gasteiger partial charge in [0.05, 0.1) is 11.4 Å². The molecule has 2 fully saturated rings. The molecule has 0 radical (unpaired) electrons. The minimum absolute atomic E-state index is 0.742. The van der Waals surface area contributed by atoms with Crippen LogP contribution in [0.4, 0.5) is 5.69 Å². The lowest BCUT2D eigenvalue weighted by atomic mass is 9.92. The molecule has 0 unspecified atom stereocenters. The Balaban J connectivity index is 1.68. The van der Waals surface area contributed by atoms with Gasteiger partial charge < -0.3 is 14.8 Å². The Labute approximate surface area is 171 Å². The number of hydrogen-bond acceptors (Lipinski definition) is 3. The van der Waals surface area contributed by atoms with E-state index in [2.05, 4.69) is 52.3 Å². The van der Waals surface area contributed by atoms with Crippen LogP contribution in [0.15, 0.2) is 65.3 Å². The first-order chi connectivity index (χ1) is 13.7. The zero-order valence-corrected chi connectivity index (χ0v) is 17.1. The van der Waals surface area contributed by atoms with Crippen molar-refractivity contribution in [3.05, 3.63) is 76.4 Å². The van der Waals surface area contributed by atoms with Crippen LogP contribution in [0.25, 0.3) is 5.70 Å². The number of piperazine rings is 1. The zero-order chi connectivity index (χ0) is 19.3. The van der Waals surface area contributed by atoms with Gasteiger partial charge in [0.15, 0.2) is 0 Å². The van der Waals surface area contributed by atoms with Gasteiger partial charge in [-0.1, -0.05) is 35.4 Å². The van der Waals surface area contributed by atoms with Crippen molar-refractivity contribution in [2.45, 2.75) is 19.3 Å². The van der Waals surface area contributed by atoms with Crippen LogP contribution in [0.5, 0.6) is 0 Å². The summed E-state index contributed by atoms with van der Waals surface area (Å²) in [6, 6.07) is 12.2. The van der Waals surface area contributed by atoms with E-state index in [1.54, 1.807) is 0 Å². The number of nitrogens with zero attached hydrogens (tertiary/aromatic N) is 3. The first kappa shape index (κ1) is 19.0. The highest BCUT2D eigenvalue weighted by atomic mass is 35.5. The molecule has 4 rings (SSSR count). The number of nitrogens with one attached hydrogen (secondary N) is 1. The lowest BCUT2D eigenvalue weighted by molar-refractivity contribution is 0.587. The highest BCUT2D eigenvalue weighted by molar-refractivity contribution is 6.30.